The summed E-state index contributed by atoms with van der Waals surface area (Å²) in [4.78, 5) is 35.3. The molecule has 9 heteroatoms. The first-order valence-corrected chi connectivity index (χ1v) is 10.1. The number of carbonyl (C=O) groups is 1. The van der Waals surface area contributed by atoms with Crippen molar-refractivity contribution in [3.8, 4) is 28.5 Å². The first-order valence-electron chi connectivity index (χ1n) is 9.68. The largest absolute Gasteiger partial charge is 0.444 e. The molecule has 162 valence electrons. The number of hydrogen-bond acceptors (Lipinski definition) is 5. The van der Waals surface area contributed by atoms with Gasteiger partial charge in [-0.1, -0.05) is 31.5 Å². The van der Waals surface area contributed by atoms with Crippen LogP contribution in [-0.2, 0) is 11.3 Å². The molecule has 31 heavy (non-hydrogen) atoms. The van der Waals surface area contributed by atoms with E-state index in [9.17, 15) is 14.0 Å². The molecule has 0 spiro atoms. The van der Waals surface area contributed by atoms with Crippen molar-refractivity contribution < 1.29 is 13.9 Å². The zero-order valence-electron chi connectivity index (χ0n) is 17.3. The van der Waals surface area contributed by atoms with Gasteiger partial charge in [0.25, 0.3) is 5.56 Å². The Labute approximate surface area is 183 Å². The lowest BCUT2D eigenvalue weighted by atomic mass is 10.1. The van der Waals surface area contributed by atoms with Crippen molar-refractivity contribution in [3.63, 3.8) is 0 Å². The Kier molecular flexibility index (Phi) is 7.02. The lowest BCUT2D eigenvalue weighted by Crippen LogP contribution is -2.27. The van der Waals surface area contributed by atoms with Crippen LogP contribution in [0.2, 0.25) is 5.02 Å². The van der Waals surface area contributed by atoms with Gasteiger partial charge in [0.1, 0.15) is 5.82 Å². The molecule has 3 rings (SSSR count). The second-order valence-corrected chi connectivity index (χ2v) is 7.62. The van der Waals surface area contributed by atoms with E-state index in [-0.39, 0.29) is 29.1 Å². The van der Waals surface area contributed by atoms with Crippen LogP contribution in [0.4, 0.5) is 4.39 Å². The third kappa shape index (κ3) is 5.88. The minimum atomic E-state index is -1.48. The highest BCUT2D eigenvalue weighted by molar-refractivity contribution is 6.33. The molecule has 1 amide bonds. The molecule has 2 N–H and O–H groups in total. The summed E-state index contributed by atoms with van der Waals surface area (Å²) in [6.45, 7) is 5.21. The average molecular weight is 445 g/mol. The molecule has 1 unspecified atom stereocenters. The Morgan fingerprint density at radius 1 is 1.23 bits per heavy atom. The zero-order valence-corrected chi connectivity index (χ0v) is 18.0. The normalized spacial score (nSPS) is 11.9. The van der Waals surface area contributed by atoms with Crippen LogP contribution in [0.15, 0.2) is 47.4 Å². The summed E-state index contributed by atoms with van der Waals surface area (Å²) in [5.41, 5.74) is 1.90. The van der Waals surface area contributed by atoms with Gasteiger partial charge in [0, 0.05) is 48.8 Å². The fourth-order valence-corrected chi connectivity index (χ4v) is 2.97. The highest BCUT2D eigenvalue weighted by Crippen LogP contribution is 2.27. The minimum absolute atomic E-state index is 0.0629. The molecule has 0 saturated heterocycles. The minimum Gasteiger partial charge on any atom is -0.444 e. The van der Waals surface area contributed by atoms with Gasteiger partial charge in [0.05, 0.1) is 10.7 Å². The number of nitrogens with zero attached hydrogens (tertiary/aromatic N) is 2. The molecule has 1 atom stereocenters. The molecule has 3 aromatic rings. The van der Waals surface area contributed by atoms with Crippen molar-refractivity contribution >= 4 is 17.5 Å². The quantitative estimate of drug-likeness (QED) is 0.571. The summed E-state index contributed by atoms with van der Waals surface area (Å²) in [7, 11) is 0. The number of rotatable bonds is 7. The number of halogens is 2. The molecule has 0 saturated carbocycles. The predicted octanol–water partition coefficient (Wildman–Crippen LogP) is 4.12. The number of aromatic amines is 1. The molecular weight excluding hydrogens is 423 g/mol. The van der Waals surface area contributed by atoms with Crippen molar-refractivity contribution in [2.45, 2.75) is 33.7 Å². The van der Waals surface area contributed by atoms with E-state index < -0.39 is 6.36 Å². The third-order valence-corrected chi connectivity index (χ3v) is 4.66. The van der Waals surface area contributed by atoms with Crippen molar-refractivity contribution in [3.05, 3.63) is 63.5 Å². The number of carbonyl (C=O) groups excluding carboxylic acids is 1. The van der Waals surface area contributed by atoms with E-state index in [0.29, 0.717) is 28.4 Å². The number of H-pyrrole nitrogens is 1. The van der Waals surface area contributed by atoms with Gasteiger partial charge < -0.3 is 15.0 Å². The molecule has 0 fully saturated rings. The lowest BCUT2D eigenvalue weighted by Gasteiger charge is -2.11. The average Bonchev–Trinajstić information content (AvgIpc) is 2.72. The van der Waals surface area contributed by atoms with E-state index in [0.717, 1.165) is 5.56 Å². The molecule has 7 nitrogen and oxygen atoms in total. The van der Waals surface area contributed by atoms with Crippen LogP contribution in [0.3, 0.4) is 0 Å². The second-order valence-electron chi connectivity index (χ2n) is 7.21. The predicted molar refractivity (Wildman–Crippen MR) is 116 cm³/mol. The molecule has 0 bridgehead atoms. The Hall–Kier alpha value is -3.26. The smallest absolute Gasteiger partial charge is 0.251 e. The van der Waals surface area contributed by atoms with Crippen LogP contribution in [0, 0.1) is 5.92 Å². The monoisotopic (exact) mass is 444 g/mol. The van der Waals surface area contributed by atoms with Gasteiger partial charge in [-0.2, -0.15) is 0 Å². The summed E-state index contributed by atoms with van der Waals surface area (Å²) in [5, 5.41) is 3.24. The van der Waals surface area contributed by atoms with Crippen molar-refractivity contribution in [2.24, 2.45) is 5.92 Å². The maximum Gasteiger partial charge on any atom is 0.251 e. The van der Waals surface area contributed by atoms with Gasteiger partial charge in [-0.25, -0.2) is 14.4 Å². The molecule has 0 radical (unpaired) electrons. The maximum atomic E-state index is 13.0. The van der Waals surface area contributed by atoms with Gasteiger partial charge in [-0.3, -0.25) is 9.59 Å². The SMILES string of the molecule is CC(F)Oc1ccc(-c2cc(=O)[nH]c(-c3cc(CNC(=O)C(C)C)ccc3Cl)n2)cn1. The van der Waals surface area contributed by atoms with Crippen molar-refractivity contribution in [1.82, 2.24) is 20.3 Å². The first kappa shape index (κ1) is 22.4. The summed E-state index contributed by atoms with van der Waals surface area (Å²) in [6, 6.07) is 9.71. The van der Waals surface area contributed by atoms with Crippen LogP contribution in [-0.4, -0.2) is 27.2 Å². The van der Waals surface area contributed by atoms with Crippen LogP contribution in [0.1, 0.15) is 26.3 Å². The fourth-order valence-electron chi connectivity index (χ4n) is 2.76. The number of amides is 1. The first-order chi connectivity index (χ1) is 14.7. The third-order valence-electron chi connectivity index (χ3n) is 4.33. The number of pyridine rings is 1. The number of ether oxygens (including phenoxy) is 1. The summed E-state index contributed by atoms with van der Waals surface area (Å²) in [5.74, 6) is 0.220. The lowest BCUT2D eigenvalue weighted by molar-refractivity contribution is -0.124. The van der Waals surface area contributed by atoms with Crippen LogP contribution < -0.4 is 15.6 Å². The standard InChI is InChI=1S/C22H22ClFN4O3/c1-12(2)22(30)26-10-14-4-6-17(23)16(8-14)21-27-18(9-19(29)28-21)15-5-7-20(25-11-15)31-13(3)24/h4-9,11-13H,10H2,1-3H3,(H,26,30)(H,27,28,29). The van der Waals surface area contributed by atoms with Crippen LogP contribution >= 0.6 is 11.6 Å². The van der Waals surface area contributed by atoms with E-state index >= 15 is 0 Å². The van der Waals surface area contributed by atoms with E-state index in [1.54, 1.807) is 24.3 Å². The topological polar surface area (TPSA) is 97.0 Å². The summed E-state index contributed by atoms with van der Waals surface area (Å²) < 4.78 is 17.8. The van der Waals surface area contributed by atoms with E-state index in [2.05, 4.69) is 20.3 Å². The van der Waals surface area contributed by atoms with E-state index in [1.165, 1.54) is 25.3 Å². The Balaban J connectivity index is 1.91. The van der Waals surface area contributed by atoms with E-state index in [4.69, 9.17) is 16.3 Å². The summed E-state index contributed by atoms with van der Waals surface area (Å²) >= 11 is 6.35. The molecule has 0 aliphatic rings. The number of benzene rings is 1. The van der Waals surface area contributed by atoms with Gasteiger partial charge in [-0.05, 0) is 23.8 Å². The molecule has 0 aliphatic heterocycles. The molecule has 0 aliphatic carbocycles. The second kappa shape index (κ2) is 9.70. The highest BCUT2D eigenvalue weighted by Gasteiger charge is 2.12. The van der Waals surface area contributed by atoms with Crippen LogP contribution in [0.5, 0.6) is 5.88 Å². The van der Waals surface area contributed by atoms with Gasteiger partial charge >= 0.3 is 0 Å². The number of alkyl halides is 1. The Bertz CT molecular complexity index is 1130. The number of hydrogen-bond donors (Lipinski definition) is 2. The molecular formula is C22H22ClFN4O3. The maximum absolute atomic E-state index is 13.0. The molecule has 1 aromatic carbocycles. The van der Waals surface area contributed by atoms with Crippen LogP contribution in [0.25, 0.3) is 22.6 Å². The van der Waals surface area contributed by atoms with E-state index in [1.807, 2.05) is 13.8 Å². The zero-order chi connectivity index (χ0) is 22.5. The highest BCUT2D eigenvalue weighted by atomic mass is 35.5. The fraction of sp³-hybridized carbons (Fsp3) is 0.273. The van der Waals surface area contributed by atoms with Gasteiger partial charge in [-0.15, -0.1) is 0 Å². The number of nitrogens with one attached hydrogen (secondary N) is 2. The Morgan fingerprint density at radius 3 is 2.65 bits per heavy atom. The number of aromatic nitrogens is 3. The molecule has 2 heterocycles. The van der Waals surface area contributed by atoms with Gasteiger partial charge in [0.2, 0.25) is 18.1 Å². The molecule has 2 aromatic heterocycles. The van der Waals surface area contributed by atoms with Crippen molar-refractivity contribution in [2.75, 3.05) is 0 Å². The Morgan fingerprint density at radius 2 is 2.00 bits per heavy atom. The van der Waals surface area contributed by atoms with Crippen molar-refractivity contribution in [1.29, 1.82) is 0 Å². The van der Waals surface area contributed by atoms with Gasteiger partial charge in [0.15, 0.2) is 0 Å². The summed E-state index contributed by atoms with van der Waals surface area (Å²) in [6.07, 6.45) is -0.0367.